The Morgan fingerprint density at radius 1 is 1.40 bits per heavy atom. The van der Waals surface area contributed by atoms with E-state index in [4.69, 9.17) is 0 Å². The summed E-state index contributed by atoms with van der Waals surface area (Å²) in [7, 11) is 4.04. The van der Waals surface area contributed by atoms with E-state index in [1.165, 1.54) is 5.56 Å². The average molecular weight is 274 g/mol. The van der Waals surface area contributed by atoms with E-state index in [1.54, 1.807) is 0 Å². The first kappa shape index (κ1) is 15.2. The molecule has 1 unspecified atom stereocenters. The van der Waals surface area contributed by atoms with Crippen LogP contribution in [0.25, 0.3) is 0 Å². The van der Waals surface area contributed by atoms with Crippen molar-refractivity contribution < 1.29 is 4.79 Å². The molecule has 0 saturated carbocycles. The van der Waals surface area contributed by atoms with E-state index in [0.29, 0.717) is 5.78 Å². The fourth-order valence-corrected chi connectivity index (χ4v) is 3.64. The summed E-state index contributed by atoms with van der Waals surface area (Å²) >= 11 is 0. The highest BCUT2D eigenvalue weighted by molar-refractivity contribution is 5.94. The van der Waals surface area contributed by atoms with Gasteiger partial charge in [-0.15, -0.1) is 0 Å². The second kappa shape index (κ2) is 6.04. The van der Waals surface area contributed by atoms with E-state index in [0.717, 1.165) is 37.8 Å². The van der Waals surface area contributed by atoms with Gasteiger partial charge in [-0.1, -0.05) is 19.9 Å². The van der Waals surface area contributed by atoms with Crippen molar-refractivity contribution in [2.45, 2.75) is 57.4 Å². The van der Waals surface area contributed by atoms with E-state index in [1.807, 2.05) is 26.4 Å². The Hall–Kier alpha value is -1.22. The van der Waals surface area contributed by atoms with Gasteiger partial charge in [0.1, 0.15) is 0 Å². The largest absolute Gasteiger partial charge is 0.297 e. The van der Waals surface area contributed by atoms with Crippen LogP contribution in [0.1, 0.15) is 56.7 Å². The van der Waals surface area contributed by atoms with Gasteiger partial charge in [-0.25, -0.2) is 0 Å². The van der Waals surface area contributed by atoms with Crippen molar-refractivity contribution in [3.05, 3.63) is 29.6 Å². The molecule has 0 saturated heterocycles. The number of hydrogen-bond donors (Lipinski definition) is 0. The molecule has 3 heteroatoms. The molecule has 0 aromatic carbocycles. The topological polar surface area (TPSA) is 33.2 Å². The first-order valence-corrected chi connectivity index (χ1v) is 7.72. The van der Waals surface area contributed by atoms with Crippen LogP contribution in [0.4, 0.5) is 0 Å². The Morgan fingerprint density at radius 3 is 2.70 bits per heavy atom. The van der Waals surface area contributed by atoms with Crippen molar-refractivity contribution in [2.75, 3.05) is 14.1 Å². The molecule has 0 aliphatic heterocycles. The van der Waals surface area contributed by atoms with Crippen LogP contribution < -0.4 is 0 Å². The summed E-state index contributed by atoms with van der Waals surface area (Å²) in [5.41, 5.74) is 1.94. The Morgan fingerprint density at radius 2 is 2.10 bits per heavy atom. The molecular formula is C17H26N2O. The van der Waals surface area contributed by atoms with Crippen LogP contribution in [0.2, 0.25) is 0 Å². The van der Waals surface area contributed by atoms with E-state index < -0.39 is 0 Å². The number of carbonyl (C=O) groups excluding carboxylic acids is 1. The van der Waals surface area contributed by atoms with Gasteiger partial charge in [-0.2, -0.15) is 0 Å². The molecular weight excluding hydrogens is 248 g/mol. The van der Waals surface area contributed by atoms with E-state index in [2.05, 4.69) is 29.8 Å². The monoisotopic (exact) mass is 274 g/mol. The second-order valence-electron chi connectivity index (χ2n) is 5.99. The van der Waals surface area contributed by atoms with Crippen LogP contribution >= 0.6 is 0 Å². The average Bonchev–Trinajstić information content (AvgIpc) is 2.48. The lowest BCUT2D eigenvalue weighted by molar-refractivity contribution is -0.132. The summed E-state index contributed by atoms with van der Waals surface area (Å²) in [6.07, 6.45) is 6.62. The third-order valence-electron chi connectivity index (χ3n) is 5.00. The first-order chi connectivity index (χ1) is 9.56. The van der Waals surface area contributed by atoms with Crippen LogP contribution in [0, 0.1) is 0 Å². The number of carbonyl (C=O) groups is 1. The van der Waals surface area contributed by atoms with E-state index in [9.17, 15) is 4.79 Å². The van der Waals surface area contributed by atoms with Gasteiger partial charge in [0.15, 0.2) is 5.78 Å². The summed E-state index contributed by atoms with van der Waals surface area (Å²) in [6, 6.07) is 4.10. The van der Waals surface area contributed by atoms with Gasteiger partial charge in [-0.3, -0.25) is 14.7 Å². The van der Waals surface area contributed by atoms with Crippen molar-refractivity contribution in [3.8, 4) is 0 Å². The molecule has 1 aromatic heterocycles. The van der Waals surface area contributed by atoms with Gasteiger partial charge in [0.25, 0.3) is 0 Å². The molecule has 2 rings (SSSR count). The van der Waals surface area contributed by atoms with Gasteiger partial charge in [-0.05, 0) is 57.8 Å². The zero-order valence-corrected chi connectivity index (χ0v) is 13.1. The molecule has 0 amide bonds. The minimum atomic E-state index is -0.350. The van der Waals surface area contributed by atoms with Crippen LogP contribution in [0.3, 0.4) is 0 Å². The molecule has 0 bridgehead atoms. The minimum absolute atomic E-state index is 0.0257. The Bertz CT molecular complexity index is 478. The lowest BCUT2D eigenvalue weighted by atomic mass is 9.74. The number of aromatic nitrogens is 1. The van der Waals surface area contributed by atoms with Crippen molar-refractivity contribution in [2.24, 2.45) is 0 Å². The van der Waals surface area contributed by atoms with E-state index in [-0.39, 0.29) is 11.5 Å². The predicted molar refractivity (Wildman–Crippen MR) is 81.9 cm³/mol. The fourth-order valence-electron chi connectivity index (χ4n) is 3.64. The molecule has 1 heterocycles. The Labute approximate surface area is 122 Å². The summed E-state index contributed by atoms with van der Waals surface area (Å²) in [5, 5.41) is 0. The fraction of sp³-hybridized carbons (Fsp3) is 0.647. The van der Waals surface area contributed by atoms with Crippen LogP contribution in [0.5, 0.6) is 0 Å². The van der Waals surface area contributed by atoms with Gasteiger partial charge in [0, 0.05) is 6.20 Å². The number of rotatable bonds is 5. The lowest BCUT2D eigenvalue weighted by Gasteiger charge is -2.40. The zero-order chi connectivity index (χ0) is 14.8. The normalized spacial score (nSPS) is 18.9. The number of ketones is 1. The molecule has 0 spiro atoms. The number of fused-ring (bicyclic) bond motifs is 1. The third kappa shape index (κ3) is 2.39. The lowest BCUT2D eigenvalue weighted by Crippen LogP contribution is -2.52. The number of likely N-dealkylation sites (N-methyl/N-ethyl adjacent to an activating group) is 1. The van der Waals surface area contributed by atoms with Gasteiger partial charge < -0.3 is 0 Å². The van der Waals surface area contributed by atoms with Crippen molar-refractivity contribution >= 4 is 5.78 Å². The standard InChI is InChI=1S/C17H26N2O/c1-5-17(6-2,19(3)4)16(20)14-11-7-9-13-10-8-12-18-15(13)14/h8,10,12,14H,5-7,9,11H2,1-4H3. The molecule has 1 aromatic rings. The van der Waals surface area contributed by atoms with Crippen molar-refractivity contribution in [1.82, 2.24) is 9.88 Å². The van der Waals surface area contributed by atoms with Crippen molar-refractivity contribution in [1.29, 1.82) is 0 Å². The maximum atomic E-state index is 13.2. The summed E-state index contributed by atoms with van der Waals surface area (Å²) in [5.74, 6) is 0.328. The molecule has 0 radical (unpaired) electrons. The zero-order valence-electron chi connectivity index (χ0n) is 13.1. The molecule has 1 aliphatic carbocycles. The van der Waals surface area contributed by atoms with Crippen molar-refractivity contribution in [3.63, 3.8) is 0 Å². The van der Waals surface area contributed by atoms with Crippen LogP contribution in [-0.2, 0) is 11.2 Å². The number of pyridine rings is 1. The van der Waals surface area contributed by atoms with Crippen LogP contribution in [0.15, 0.2) is 18.3 Å². The number of nitrogens with zero attached hydrogens (tertiary/aromatic N) is 2. The predicted octanol–water partition coefficient (Wildman–Crippen LogP) is 3.19. The SMILES string of the molecule is CCC(CC)(C(=O)C1CCCc2cccnc21)N(C)C. The molecule has 110 valence electrons. The smallest absolute Gasteiger partial charge is 0.162 e. The highest BCUT2D eigenvalue weighted by Gasteiger charge is 2.42. The quantitative estimate of drug-likeness (QED) is 0.826. The number of aryl methyl sites for hydroxylation is 1. The molecule has 1 atom stereocenters. The molecule has 20 heavy (non-hydrogen) atoms. The third-order valence-corrected chi connectivity index (χ3v) is 5.00. The summed E-state index contributed by atoms with van der Waals surface area (Å²) in [6.45, 7) is 4.23. The van der Waals surface area contributed by atoms with Crippen LogP contribution in [-0.4, -0.2) is 35.3 Å². The number of hydrogen-bond acceptors (Lipinski definition) is 3. The van der Waals surface area contributed by atoms with Gasteiger partial charge in [0.05, 0.1) is 17.2 Å². The maximum absolute atomic E-state index is 13.2. The highest BCUT2D eigenvalue weighted by Crippen LogP contribution is 2.37. The molecule has 1 aliphatic rings. The van der Waals surface area contributed by atoms with E-state index >= 15 is 0 Å². The maximum Gasteiger partial charge on any atom is 0.162 e. The van der Waals surface area contributed by atoms with Gasteiger partial charge in [0.2, 0.25) is 0 Å². The molecule has 0 fully saturated rings. The minimum Gasteiger partial charge on any atom is -0.297 e. The second-order valence-corrected chi connectivity index (χ2v) is 5.99. The number of Topliss-reactive ketones (excluding diaryl/α,β-unsaturated/α-hetero) is 1. The van der Waals surface area contributed by atoms with Gasteiger partial charge >= 0.3 is 0 Å². The molecule has 3 nitrogen and oxygen atoms in total. The Kier molecular flexibility index (Phi) is 4.59. The first-order valence-electron chi connectivity index (χ1n) is 7.72. The highest BCUT2D eigenvalue weighted by atomic mass is 16.1. The Balaban J connectivity index is 2.39. The molecule has 0 N–H and O–H groups in total. The summed E-state index contributed by atoms with van der Waals surface area (Å²) < 4.78 is 0. The summed E-state index contributed by atoms with van der Waals surface area (Å²) in [4.78, 5) is 19.8.